The number of hydrogen-bond acceptors (Lipinski definition) is 6. The van der Waals surface area contributed by atoms with E-state index in [1.807, 2.05) is 19.9 Å². The molecular formula is C16H27N5O3S. The standard InChI is InChI=1S/C16H27N5O3S/c1-12-9-13(2)18-15(17-12)20-7-5-16(22)6-8-21(11-14(16)10-20)25(23,24)19(3)4/h9,14,22H,5-8,10-11H2,1-4H3/t14-,16-/m0/s1. The number of fused-ring (bicyclic) bond motifs is 1. The van der Waals surface area contributed by atoms with Gasteiger partial charge >= 0.3 is 0 Å². The molecule has 2 aliphatic heterocycles. The Balaban J connectivity index is 1.81. The minimum absolute atomic E-state index is 0.158. The van der Waals surface area contributed by atoms with Crippen molar-refractivity contribution in [2.24, 2.45) is 5.92 Å². The summed E-state index contributed by atoms with van der Waals surface area (Å²) < 4.78 is 27.6. The number of aryl methyl sites for hydroxylation is 2. The van der Waals surface area contributed by atoms with Crippen LogP contribution in [-0.2, 0) is 10.2 Å². The van der Waals surface area contributed by atoms with Gasteiger partial charge in [0.2, 0.25) is 5.95 Å². The molecule has 8 nitrogen and oxygen atoms in total. The zero-order chi connectivity index (χ0) is 18.4. The van der Waals surface area contributed by atoms with E-state index in [1.54, 1.807) is 0 Å². The number of hydrogen-bond donors (Lipinski definition) is 1. The van der Waals surface area contributed by atoms with Crippen molar-refractivity contribution in [1.29, 1.82) is 0 Å². The molecule has 0 unspecified atom stereocenters. The lowest BCUT2D eigenvalue weighted by atomic mass is 9.76. The molecule has 2 saturated heterocycles. The summed E-state index contributed by atoms with van der Waals surface area (Å²) >= 11 is 0. The molecule has 1 N–H and O–H groups in total. The Hall–Kier alpha value is -1.29. The van der Waals surface area contributed by atoms with Crippen LogP contribution < -0.4 is 4.90 Å². The normalized spacial score (nSPS) is 28.2. The zero-order valence-corrected chi connectivity index (χ0v) is 16.1. The quantitative estimate of drug-likeness (QED) is 0.817. The monoisotopic (exact) mass is 369 g/mol. The van der Waals surface area contributed by atoms with E-state index >= 15 is 0 Å². The molecule has 0 spiro atoms. The van der Waals surface area contributed by atoms with Crippen molar-refractivity contribution >= 4 is 16.2 Å². The van der Waals surface area contributed by atoms with E-state index in [-0.39, 0.29) is 5.92 Å². The third-order valence-corrected chi connectivity index (χ3v) is 7.18. The maximum absolute atomic E-state index is 12.4. The van der Waals surface area contributed by atoms with E-state index < -0.39 is 15.8 Å². The van der Waals surface area contributed by atoms with E-state index in [0.29, 0.717) is 45.0 Å². The maximum atomic E-state index is 12.4. The number of piperidine rings is 2. The van der Waals surface area contributed by atoms with Gasteiger partial charge < -0.3 is 10.0 Å². The van der Waals surface area contributed by atoms with Gasteiger partial charge in [-0.15, -0.1) is 0 Å². The molecule has 2 aliphatic rings. The Morgan fingerprint density at radius 1 is 1.16 bits per heavy atom. The summed E-state index contributed by atoms with van der Waals surface area (Å²) in [6, 6.07) is 1.93. The number of aliphatic hydroxyl groups is 1. The Kier molecular flexibility index (Phi) is 4.78. The molecule has 3 heterocycles. The number of aromatic nitrogens is 2. The van der Waals surface area contributed by atoms with Crippen molar-refractivity contribution in [3.05, 3.63) is 17.5 Å². The second-order valence-electron chi connectivity index (χ2n) is 7.35. The van der Waals surface area contributed by atoms with Gasteiger partial charge in [0.25, 0.3) is 10.2 Å². The Bertz CT molecular complexity index is 734. The van der Waals surface area contributed by atoms with Crippen molar-refractivity contribution in [3.63, 3.8) is 0 Å². The van der Waals surface area contributed by atoms with Gasteiger partial charge in [-0.2, -0.15) is 17.0 Å². The van der Waals surface area contributed by atoms with Crippen LogP contribution in [0.2, 0.25) is 0 Å². The fourth-order valence-electron chi connectivity index (χ4n) is 3.74. The summed E-state index contributed by atoms with van der Waals surface area (Å²) in [6.07, 6.45) is 1.07. The summed E-state index contributed by atoms with van der Waals surface area (Å²) in [5, 5.41) is 11.0. The fourth-order valence-corrected chi connectivity index (χ4v) is 4.90. The topological polar surface area (TPSA) is 89.9 Å². The van der Waals surface area contributed by atoms with Crippen LogP contribution in [0.25, 0.3) is 0 Å². The first-order valence-corrected chi connectivity index (χ1v) is 9.99. The van der Waals surface area contributed by atoms with Gasteiger partial charge in [0.1, 0.15) is 0 Å². The average Bonchev–Trinajstić information content (AvgIpc) is 2.52. The van der Waals surface area contributed by atoms with Gasteiger partial charge in [-0.05, 0) is 32.8 Å². The third-order valence-electron chi connectivity index (χ3n) is 5.27. The lowest BCUT2D eigenvalue weighted by molar-refractivity contribution is -0.0696. The molecule has 2 atom stereocenters. The molecule has 25 heavy (non-hydrogen) atoms. The highest BCUT2D eigenvalue weighted by Gasteiger charge is 2.48. The SMILES string of the molecule is Cc1cc(C)nc(N2CC[C@]3(O)CCN(S(=O)(=O)N(C)C)C[C@@H]3C2)n1. The molecule has 0 radical (unpaired) electrons. The fraction of sp³-hybridized carbons (Fsp3) is 0.750. The Morgan fingerprint density at radius 2 is 1.76 bits per heavy atom. The predicted octanol–water partition coefficient (Wildman–Crippen LogP) is 0.163. The zero-order valence-electron chi connectivity index (χ0n) is 15.3. The first-order chi connectivity index (χ1) is 11.6. The van der Waals surface area contributed by atoms with Crippen LogP contribution in [0.15, 0.2) is 6.07 Å². The van der Waals surface area contributed by atoms with E-state index in [0.717, 1.165) is 11.4 Å². The first kappa shape index (κ1) is 18.5. The molecule has 2 fully saturated rings. The van der Waals surface area contributed by atoms with Crippen LogP contribution in [0.4, 0.5) is 5.95 Å². The van der Waals surface area contributed by atoms with Gasteiger partial charge in [0, 0.05) is 57.6 Å². The van der Waals surface area contributed by atoms with Gasteiger partial charge in [-0.1, -0.05) is 0 Å². The Labute approximate surface area is 149 Å². The van der Waals surface area contributed by atoms with E-state index in [1.165, 1.54) is 22.7 Å². The van der Waals surface area contributed by atoms with Crippen LogP contribution in [0.1, 0.15) is 24.2 Å². The second-order valence-corrected chi connectivity index (χ2v) is 9.49. The number of anilines is 1. The summed E-state index contributed by atoms with van der Waals surface area (Å²) in [5.41, 5.74) is 1.00. The van der Waals surface area contributed by atoms with E-state index in [4.69, 9.17) is 0 Å². The highest BCUT2D eigenvalue weighted by molar-refractivity contribution is 7.86. The summed E-state index contributed by atoms with van der Waals surface area (Å²) in [7, 11) is -0.398. The molecule has 0 amide bonds. The minimum atomic E-state index is -3.47. The van der Waals surface area contributed by atoms with Crippen LogP contribution >= 0.6 is 0 Å². The van der Waals surface area contributed by atoms with Crippen molar-refractivity contribution in [3.8, 4) is 0 Å². The van der Waals surface area contributed by atoms with Gasteiger partial charge in [-0.25, -0.2) is 9.97 Å². The molecule has 0 aromatic carbocycles. The first-order valence-electron chi connectivity index (χ1n) is 8.59. The average molecular weight is 369 g/mol. The van der Waals surface area contributed by atoms with Crippen molar-refractivity contribution in [2.45, 2.75) is 32.3 Å². The van der Waals surface area contributed by atoms with Crippen LogP contribution in [0, 0.1) is 19.8 Å². The number of rotatable bonds is 3. The molecular weight excluding hydrogens is 342 g/mol. The largest absolute Gasteiger partial charge is 0.389 e. The predicted molar refractivity (Wildman–Crippen MR) is 95.6 cm³/mol. The van der Waals surface area contributed by atoms with Crippen LogP contribution in [0.3, 0.4) is 0 Å². The molecule has 140 valence electrons. The highest BCUT2D eigenvalue weighted by atomic mass is 32.2. The molecule has 1 aromatic heterocycles. The molecule has 1 aromatic rings. The number of nitrogens with zero attached hydrogens (tertiary/aromatic N) is 5. The Morgan fingerprint density at radius 3 is 2.36 bits per heavy atom. The van der Waals surface area contributed by atoms with Gasteiger partial charge in [-0.3, -0.25) is 0 Å². The van der Waals surface area contributed by atoms with Crippen molar-refractivity contribution in [1.82, 2.24) is 18.6 Å². The molecule has 0 saturated carbocycles. The van der Waals surface area contributed by atoms with Gasteiger partial charge in [0.05, 0.1) is 5.60 Å². The molecule has 0 aliphatic carbocycles. The lowest BCUT2D eigenvalue weighted by Crippen LogP contribution is -2.61. The second kappa shape index (κ2) is 6.46. The van der Waals surface area contributed by atoms with E-state index in [2.05, 4.69) is 14.9 Å². The maximum Gasteiger partial charge on any atom is 0.281 e. The summed E-state index contributed by atoms with van der Waals surface area (Å²) in [4.78, 5) is 11.1. The third kappa shape index (κ3) is 3.51. The minimum Gasteiger partial charge on any atom is -0.389 e. The molecule has 9 heteroatoms. The van der Waals surface area contributed by atoms with Crippen LogP contribution in [0.5, 0.6) is 0 Å². The van der Waals surface area contributed by atoms with Crippen molar-refractivity contribution in [2.75, 3.05) is 45.2 Å². The lowest BCUT2D eigenvalue weighted by Gasteiger charge is -2.50. The molecule has 3 rings (SSSR count). The molecule has 0 bridgehead atoms. The van der Waals surface area contributed by atoms with Crippen molar-refractivity contribution < 1.29 is 13.5 Å². The smallest absolute Gasteiger partial charge is 0.281 e. The highest BCUT2D eigenvalue weighted by Crippen LogP contribution is 2.37. The van der Waals surface area contributed by atoms with Gasteiger partial charge in [0.15, 0.2) is 0 Å². The van der Waals surface area contributed by atoms with E-state index in [9.17, 15) is 13.5 Å². The van der Waals surface area contributed by atoms with Crippen LogP contribution in [-0.4, -0.2) is 78.0 Å². The summed E-state index contributed by atoms with van der Waals surface area (Å²) in [6.45, 7) is 5.77. The summed E-state index contributed by atoms with van der Waals surface area (Å²) in [5.74, 6) is 0.501.